The molecule has 0 bridgehead atoms. The van der Waals surface area contributed by atoms with E-state index in [4.69, 9.17) is 39.5 Å². The molecule has 1 amide bonds. The standard InChI is InChI=1S/C24H15Cl3FNO4/c1-33-23-16(26)9-12(10-17(23)27)21(30)19-20(15-7-2-3-8-18(15)28)29(24(32)22(19)31)14-6-4-5-13(25)11-14/h2-11,20,30H,1H3/b21-19+. The summed E-state index contributed by atoms with van der Waals surface area (Å²) in [5.74, 6) is -2.98. The molecule has 168 valence electrons. The van der Waals surface area contributed by atoms with Gasteiger partial charge >= 0.3 is 0 Å². The van der Waals surface area contributed by atoms with Gasteiger partial charge in [-0.25, -0.2) is 4.39 Å². The van der Waals surface area contributed by atoms with Gasteiger partial charge in [-0.15, -0.1) is 0 Å². The topological polar surface area (TPSA) is 66.8 Å². The molecule has 1 N–H and O–H groups in total. The molecule has 5 nitrogen and oxygen atoms in total. The molecule has 4 rings (SSSR count). The van der Waals surface area contributed by atoms with Crippen LogP contribution >= 0.6 is 34.8 Å². The van der Waals surface area contributed by atoms with Crippen LogP contribution < -0.4 is 9.64 Å². The minimum atomic E-state index is -1.26. The number of anilines is 1. The maximum absolute atomic E-state index is 14.9. The van der Waals surface area contributed by atoms with Gasteiger partial charge in [-0.2, -0.15) is 0 Å². The highest BCUT2D eigenvalue weighted by Crippen LogP contribution is 2.44. The Hall–Kier alpha value is -3.06. The number of carbonyl (C=O) groups excluding carboxylic acids is 2. The average Bonchev–Trinajstić information content (AvgIpc) is 3.04. The summed E-state index contributed by atoms with van der Waals surface area (Å²) in [4.78, 5) is 27.3. The number of methoxy groups -OCH3 is 1. The number of amides is 1. The molecule has 1 atom stereocenters. The van der Waals surface area contributed by atoms with E-state index in [1.54, 1.807) is 24.3 Å². The number of hydrogen-bond donors (Lipinski definition) is 1. The Labute approximate surface area is 203 Å². The number of halogens is 4. The smallest absolute Gasteiger partial charge is 0.300 e. The second-order valence-electron chi connectivity index (χ2n) is 7.14. The molecule has 3 aromatic carbocycles. The van der Waals surface area contributed by atoms with Crippen LogP contribution in [0, 0.1) is 5.82 Å². The molecule has 9 heteroatoms. The first-order valence-electron chi connectivity index (χ1n) is 9.59. The molecule has 0 spiro atoms. The van der Waals surface area contributed by atoms with E-state index in [0.29, 0.717) is 5.02 Å². The van der Waals surface area contributed by atoms with Crippen molar-refractivity contribution < 1.29 is 23.8 Å². The second-order valence-corrected chi connectivity index (χ2v) is 8.39. The number of hydrogen-bond acceptors (Lipinski definition) is 4. The minimum absolute atomic E-state index is 0.0175. The normalized spacial score (nSPS) is 17.5. The summed E-state index contributed by atoms with van der Waals surface area (Å²) in [6, 6.07) is 13.3. The van der Waals surface area contributed by atoms with E-state index in [1.807, 2.05) is 0 Å². The van der Waals surface area contributed by atoms with Gasteiger partial charge in [0.15, 0.2) is 5.75 Å². The number of carbonyl (C=O) groups is 2. The molecule has 1 saturated heterocycles. The molecule has 0 radical (unpaired) electrons. The van der Waals surface area contributed by atoms with Crippen LogP contribution in [-0.4, -0.2) is 23.9 Å². The maximum atomic E-state index is 14.9. The van der Waals surface area contributed by atoms with E-state index >= 15 is 0 Å². The van der Waals surface area contributed by atoms with Gasteiger partial charge in [0.2, 0.25) is 0 Å². The van der Waals surface area contributed by atoms with Crippen molar-refractivity contribution in [2.24, 2.45) is 0 Å². The molecule has 3 aromatic rings. The monoisotopic (exact) mass is 505 g/mol. The fourth-order valence-electron chi connectivity index (χ4n) is 3.76. The largest absolute Gasteiger partial charge is 0.507 e. The van der Waals surface area contributed by atoms with E-state index in [2.05, 4.69) is 0 Å². The van der Waals surface area contributed by atoms with Crippen molar-refractivity contribution in [3.63, 3.8) is 0 Å². The average molecular weight is 507 g/mol. The van der Waals surface area contributed by atoms with Crippen LogP contribution in [0.4, 0.5) is 10.1 Å². The lowest BCUT2D eigenvalue weighted by molar-refractivity contribution is -0.132. The number of benzene rings is 3. The van der Waals surface area contributed by atoms with Crippen molar-refractivity contribution in [3.8, 4) is 5.75 Å². The van der Waals surface area contributed by atoms with Crippen molar-refractivity contribution in [2.75, 3.05) is 12.0 Å². The van der Waals surface area contributed by atoms with Crippen LogP contribution in [-0.2, 0) is 9.59 Å². The van der Waals surface area contributed by atoms with Crippen molar-refractivity contribution in [2.45, 2.75) is 6.04 Å². The van der Waals surface area contributed by atoms with Gasteiger partial charge in [-0.05, 0) is 36.4 Å². The Morgan fingerprint density at radius 1 is 1.00 bits per heavy atom. The van der Waals surface area contributed by atoms with Crippen LogP contribution in [0.2, 0.25) is 15.1 Å². The van der Waals surface area contributed by atoms with Crippen LogP contribution in [0.15, 0.2) is 66.2 Å². The van der Waals surface area contributed by atoms with E-state index in [0.717, 1.165) is 4.90 Å². The Balaban J connectivity index is 1.99. The van der Waals surface area contributed by atoms with Gasteiger partial charge in [-0.3, -0.25) is 14.5 Å². The van der Waals surface area contributed by atoms with Gasteiger partial charge in [0.1, 0.15) is 11.6 Å². The van der Waals surface area contributed by atoms with Gasteiger partial charge in [0.05, 0.1) is 28.8 Å². The maximum Gasteiger partial charge on any atom is 0.300 e. The zero-order chi connectivity index (χ0) is 23.9. The van der Waals surface area contributed by atoms with Gasteiger partial charge in [0, 0.05) is 21.8 Å². The van der Waals surface area contributed by atoms with Crippen molar-refractivity contribution in [1.82, 2.24) is 0 Å². The van der Waals surface area contributed by atoms with Crippen molar-refractivity contribution in [1.29, 1.82) is 0 Å². The first-order chi connectivity index (χ1) is 15.7. The van der Waals surface area contributed by atoms with Gasteiger partial charge < -0.3 is 9.84 Å². The summed E-state index contributed by atoms with van der Waals surface area (Å²) in [5, 5.41) is 11.6. The quantitative estimate of drug-likeness (QED) is 0.252. The molecular weight excluding hydrogens is 492 g/mol. The summed E-state index contributed by atoms with van der Waals surface area (Å²) in [6.45, 7) is 0. The fraction of sp³-hybridized carbons (Fsp3) is 0.0833. The van der Waals surface area contributed by atoms with Crippen LogP contribution in [0.1, 0.15) is 17.2 Å². The molecular formula is C24H15Cl3FNO4. The summed E-state index contributed by atoms with van der Waals surface area (Å²) in [5.41, 5.74) is 0.0326. The summed E-state index contributed by atoms with van der Waals surface area (Å²) >= 11 is 18.5. The molecule has 0 saturated carbocycles. The lowest BCUT2D eigenvalue weighted by Gasteiger charge is -2.26. The lowest BCUT2D eigenvalue weighted by atomic mass is 9.94. The zero-order valence-corrected chi connectivity index (χ0v) is 19.2. The predicted octanol–water partition coefficient (Wildman–Crippen LogP) is 6.42. The number of Topliss-reactive ketones (excluding diaryl/α,β-unsaturated/α-hetero) is 1. The van der Waals surface area contributed by atoms with E-state index in [-0.39, 0.29) is 38.2 Å². The third-order valence-corrected chi connectivity index (χ3v) is 6.00. The highest BCUT2D eigenvalue weighted by atomic mass is 35.5. The molecule has 1 fully saturated rings. The Morgan fingerprint density at radius 3 is 2.27 bits per heavy atom. The number of aliphatic hydroxyl groups excluding tert-OH is 1. The summed E-state index contributed by atoms with van der Waals surface area (Å²) in [7, 11) is 1.38. The number of ketones is 1. The van der Waals surface area contributed by atoms with Crippen LogP contribution in [0.5, 0.6) is 5.75 Å². The Kier molecular flexibility index (Phi) is 6.34. The Morgan fingerprint density at radius 2 is 1.67 bits per heavy atom. The lowest BCUT2D eigenvalue weighted by Crippen LogP contribution is -2.29. The second kappa shape index (κ2) is 9.06. The van der Waals surface area contributed by atoms with Crippen LogP contribution in [0.25, 0.3) is 5.76 Å². The van der Waals surface area contributed by atoms with E-state index < -0.39 is 29.3 Å². The number of rotatable bonds is 4. The first-order valence-corrected chi connectivity index (χ1v) is 10.7. The molecule has 0 aliphatic carbocycles. The van der Waals surface area contributed by atoms with Crippen LogP contribution in [0.3, 0.4) is 0 Å². The van der Waals surface area contributed by atoms with Gasteiger partial charge in [0.25, 0.3) is 11.7 Å². The third-order valence-electron chi connectivity index (χ3n) is 5.21. The molecule has 1 unspecified atom stereocenters. The predicted molar refractivity (Wildman–Crippen MR) is 126 cm³/mol. The SMILES string of the molecule is COc1c(Cl)cc(/C(O)=C2\C(=O)C(=O)N(c3cccc(Cl)c3)C2c2ccccc2F)cc1Cl. The molecule has 33 heavy (non-hydrogen) atoms. The fourth-order valence-corrected chi connectivity index (χ4v) is 4.59. The highest BCUT2D eigenvalue weighted by molar-refractivity contribution is 6.52. The molecule has 1 aliphatic rings. The summed E-state index contributed by atoms with van der Waals surface area (Å²) < 4.78 is 20.0. The summed E-state index contributed by atoms with van der Waals surface area (Å²) in [6.07, 6.45) is 0. The molecule has 1 heterocycles. The Bertz CT molecular complexity index is 1300. The van der Waals surface area contributed by atoms with Crippen molar-refractivity contribution >= 4 is 57.9 Å². The number of ether oxygens (including phenoxy) is 1. The zero-order valence-electron chi connectivity index (χ0n) is 17.0. The molecule has 0 aromatic heterocycles. The number of nitrogens with zero attached hydrogens (tertiary/aromatic N) is 1. The van der Waals surface area contributed by atoms with Crippen molar-refractivity contribution in [3.05, 3.63) is 98.2 Å². The van der Waals surface area contributed by atoms with Gasteiger partial charge in [-0.1, -0.05) is 59.1 Å². The third kappa shape index (κ3) is 4.06. The highest BCUT2D eigenvalue weighted by Gasteiger charge is 2.48. The first kappa shape index (κ1) is 23.1. The van der Waals surface area contributed by atoms with E-state index in [1.165, 1.54) is 43.5 Å². The number of aliphatic hydroxyl groups is 1. The van der Waals surface area contributed by atoms with E-state index in [9.17, 15) is 19.1 Å². The minimum Gasteiger partial charge on any atom is -0.507 e. The molecule has 1 aliphatic heterocycles.